The lowest BCUT2D eigenvalue weighted by molar-refractivity contribution is 0.412. The smallest absolute Gasteiger partial charge is 0.328 e. The zero-order chi connectivity index (χ0) is 13.1. The quantitative estimate of drug-likeness (QED) is 0.821. The van der Waals surface area contributed by atoms with Crippen molar-refractivity contribution in [1.82, 2.24) is 14.1 Å². The predicted octanol–water partition coefficient (Wildman–Crippen LogP) is 1.43. The van der Waals surface area contributed by atoms with Gasteiger partial charge in [-0.3, -0.25) is 14.1 Å². The lowest BCUT2D eigenvalue weighted by atomic mass is 10.3. The van der Waals surface area contributed by atoms with Gasteiger partial charge in [-0.2, -0.15) is 0 Å². The van der Waals surface area contributed by atoms with Crippen molar-refractivity contribution in [3.8, 4) is 5.75 Å². The molecule has 0 aliphatic heterocycles. The van der Waals surface area contributed by atoms with E-state index in [1.165, 1.54) is 0 Å². The van der Waals surface area contributed by atoms with Crippen LogP contribution in [0.2, 0.25) is 0 Å². The molecular formula is C13H17N3O2. The molecule has 0 unspecified atom stereocenters. The van der Waals surface area contributed by atoms with Crippen LogP contribution in [0.25, 0.3) is 0 Å². The van der Waals surface area contributed by atoms with E-state index in [1.54, 1.807) is 28.6 Å². The molecular weight excluding hydrogens is 230 g/mol. The van der Waals surface area contributed by atoms with Gasteiger partial charge in [-0.15, -0.1) is 0 Å². The van der Waals surface area contributed by atoms with Gasteiger partial charge in [0.25, 0.3) is 0 Å². The van der Waals surface area contributed by atoms with E-state index in [4.69, 9.17) is 4.74 Å². The summed E-state index contributed by atoms with van der Waals surface area (Å²) in [7, 11) is 1.62. The third kappa shape index (κ3) is 2.45. The van der Waals surface area contributed by atoms with Crippen LogP contribution in [0.3, 0.4) is 0 Å². The van der Waals surface area contributed by atoms with Crippen LogP contribution in [0.15, 0.2) is 29.3 Å². The van der Waals surface area contributed by atoms with Crippen molar-refractivity contribution >= 4 is 0 Å². The summed E-state index contributed by atoms with van der Waals surface area (Å²) < 4.78 is 8.50. The second kappa shape index (κ2) is 5.08. The molecule has 5 heteroatoms. The summed E-state index contributed by atoms with van der Waals surface area (Å²) in [4.78, 5) is 16.3. The monoisotopic (exact) mass is 247 g/mol. The summed E-state index contributed by atoms with van der Waals surface area (Å²) in [6.07, 6.45) is 3.57. The third-order valence-electron chi connectivity index (χ3n) is 2.81. The van der Waals surface area contributed by atoms with Gasteiger partial charge in [0.05, 0.1) is 19.3 Å². The number of imidazole rings is 1. The molecule has 0 atom stereocenters. The van der Waals surface area contributed by atoms with Gasteiger partial charge >= 0.3 is 5.69 Å². The average molecular weight is 247 g/mol. The van der Waals surface area contributed by atoms with Crippen LogP contribution < -0.4 is 10.4 Å². The molecule has 2 heterocycles. The zero-order valence-corrected chi connectivity index (χ0v) is 10.9. The highest BCUT2D eigenvalue weighted by atomic mass is 16.5. The van der Waals surface area contributed by atoms with Gasteiger partial charge in [0.2, 0.25) is 0 Å². The highest BCUT2D eigenvalue weighted by Gasteiger charge is 2.05. The number of aryl methyl sites for hydroxylation is 2. The van der Waals surface area contributed by atoms with Gasteiger partial charge in [0.1, 0.15) is 5.75 Å². The molecule has 0 aromatic carbocycles. The van der Waals surface area contributed by atoms with Crippen molar-refractivity contribution in [2.75, 3.05) is 7.11 Å². The lowest BCUT2D eigenvalue weighted by Crippen LogP contribution is -2.24. The molecule has 18 heavy (non-hydrogen) atoms. The highest BCUT2D eigenvalue weighted by Crippen LogP contribution is 2.13. The summed E-state index contributed by atoms with van der Waals surface area (Å²) in [5.74, 6) is 0.764. The maximum Gasteiger partial charge on any atom is 0.328 e. The van der Waals surface area contributed by atoms with Gasteiger partial charge in [-0.05, 0) is 13.8 Å². The first kappa shape index (κ1) is 12.4. The Labute approximate surface area is 106 Å². The predicted molar refractivity (Wildman–Crippen MR) is 69.0 cm³/mol. The molecule has 2 aromatic heterocycles. The number of rotatable bonds is 4. The van der Waals surface area contributed by atoms with Crippen LogP contribution in [-0.2, 0) is 13.1 Å². The van der Waals surface area contributed by atoms with E-state index in [1.807, 2.05) is 26.0 Å². The highest BCUT2D eigenvalue weighted by molar-refractivity contribution is 5.26. The van der Waals surface area contributed by atoms with Crippen molar-refractivity contribution in [3.05, 3.63) is 46.4 Å². The first-order valence-corrected chi connectivity index (χ1v) is 5.91. The summed E-state index contributed by atoms with van der Waals surface area (Å²) in [6.45, 7) is 4.99. The minimum Gasteiger partial charge on any atom is -0.497 e. The number of nitrogens with zero attached hydrogens (tertiary/aromatic N) is 3. The Morgan fingerprint density at radius 1 is 1.28 bits per heavy atom. The first-order chi connectivity index (χ1) is 8.63. The molecule has 0 amide bonds. The molecule has 0 N–H and O–H groups in total. The van der Waals surface area contributed by atoms with Crippen LogP contribution >= 0.6 is 0 Å². The second-order valence-electron chi connectivity index (χ2n) is 4.13. The van der Waals surface area contributed by atoms with E-state index in [0.29, 0.717) is 13.1 Å². The molecule has 0 aliphatic carbocycles. The molecule has 2 aromatic rings. The van der Waals surface area contributed by atoms with Crippen LogP contribution in [0, 0.1) is 6.92 Å². The molecule has 96 valence electrons. The van der Waals surface area contributed by atoms with Crippen molar-refractivity contribution in [3.63, 3.8) is 0 Å². The Bertz CT molecular complexity index is 599. The summed E-state index contributed by atoms with van der Waals surface area (Å²) in [5.41, 5.74) is 1.69. The Morgan fingerprint density at radius 2 is 2.00 bits per heavy atom. The molecule has 5 nitrogen and oxygen atoms in total. The standard InChI is InChI=1S/C13H17N3O2/c1-4-15-5-6-16(13(15)17)9-11-8-12(18-3)7-10(2)14-11/h5-8H,4,9H2,1-3H3. The first-order valence-electron chi connectivity index (χ1n) is 5.91. The van der Waals surface area contributed by atoms with Crippen molar-refractivity contribution < 1.29 is 4.74 Å². The molecule has 0 fully saturated rings. The van der Waals surface area contributed by atoms with Gasteiger partial charge in [-0.1, -0.05) is 0 Å². The number of hydrogen-bond donors (Lipinski definition) is 0. The lowest BCUT2D eigenvalue weighted by Gasteiger charge is -2.06. The fourth-order valence-corrected chi connectivity index (χ4v) is 1.89. The topological polar surface area (TPSA) is 49.0 Å². The van der Waals surface area contributed by atoms with Crippen LogP contribution in [0.5, 0.6) is 5.75 Å². The van der Waals surface area contributed by atoms with Gasteiger partial charge in [0, 0.05) is 36.8 Å². The number of methoxy groups -OCH3 is 1. The van der Waals surface area contributed by atoms with Gasteiger partial charge in [0.15, 0.2) is 0 Å². The fraction of sp³-hybridized carbons (Fsp3) is 0.385. The Kier molecular flexibility index (Phi) is 3.50. The second-order valence-corrected chi connectivity index (χ2v) is 4.13. The number of aromatic nitrogens is 3. The van der Waals surface area contributed by atoms with E-state index in [2.05, 4.69) is 4.98 Å². The zero-order valence-electron chi connectivity index (χ0n) is 10.9. The van der Waals surface area contributed by atoms with E-state index in [0.717, 1.165) is 17.1 Å². The number of hydrogen-bond acceptors (Lipinski definition) is 3. The van der Waals surface area contributed by atoms with E-state index in [9.17, 15) is 4.79 Å². The van der Waals surface area contributed by atoms with Crippen LogP contribution in [0.4, 0.5) is 0 Å². The molecule has 0 bridgehead atoms. The summed E-state index contributed by atoms with van der Waals surface area (Å²) in [5, 5.41) is 0. The van der Waals surface area contributed by atoms with E-state index >= 15 is 0 Å². The van der Waals surface area contributed by atoms with E-state index in [-0.39, 0.29) is 5.69 Å². The third-order valence-corrected chi connectivity index (χ3v) is 2.81. The van der Waals surface area contributed by atoms with Crippen LogP contribution in [0.1, 0.15) is 18.3 Å². The molecule has 0 radical (unpaired) electrons. The molecule has 0 saturated carbocycles. The Balaban J connectivity index is 2.30. The SMILES string of the molecule is CCn1ccn(Cc2cc(OC)cc(C)n2)c1=O. The van der Waals surface area contributed by atoms with Crippen LogP contribution in [-0.4, -0.2) is 21.2 Å². The molecule has 0 saturated heterocycles. The van der Waals surface area contributed by atoms with E-state index < -0.39 is 0 Å². The van der Waals surface area contributed by atoms with Crippen molar-refractivity contribution in [2.45, 2.75) is 26.9 Å². The largest absolute Gasteiger partial charge is 0.497 e. The summed E-state index contributed by atoms with van der Waals surface area (Å²) >= 11 is 0. The maximum absolute atomic E-state index is 11.9. The molecule has 0 spiro atoms. The summed E-state index contributed by atoms with van der Waals surface area (Å²) in [6, 6.07) is 3.71. The van der Waals surface area contributed by atoms with Crippen molar-refractivity contribution in [2.24, 2.45) is 0 Å². The van der Waals surface area contributed by atoms with Gasteiger partial charge in [-0.25, -0.2) is 4.79 Å². The molecule has 2 rings (SSSR count). The molecule has 0 aliphatic rings. The maximum atomic E-state index is 11.9. The minimum absolute atomic E-state index is 0.0141. The normalized spacial score (nSPS) is 10.6. The fourth-order valence-electron chi connectivity index (χ4n) is 1.89. The number of pyridine rings is 1. The Hall–Kier alpha value is -2.04. The Morgan fingerprint density at radius 3 is 2.61 bits per heavy atom. The van der Waals surface area contributed by atoms with Gasteiger partial charge < -0.3 is 4.74 Å². The number of ether oxygens (including phenoxy) is 1. The van der Waals surface area contributed by atoms with Crippen molar-refractivity contribution in [1.29, 1.82) is 0 Å². The average Bonchev–Trinajstić information content (AvgIpc) is 2.70. The minimum atomic E-state index is -0.0141.